The van der Waals surface area contributed by atoms with Crippen LogP contribution in [0.25, 0.3) is 11.0 Å². The third kappa shape index (κ3) is 2.51. The number of benzene rings is 1. The van der Waals surface area contributed by atoms with Crippen LogP contribution in [-0.2, 0) is 4.79 Å². The lowest BCUT2D eigenvalue weighted by molar-refractivity contribution is -0.116. The fraction of sp³-hybridized carbons (Fsp3) is 0.214. The summed E-state index contributed by atoms with van der Waals surface area (Å²) in [5.41, 5.74) is 0.592. The van der Waals surface area contributed by atoms with Crippen molar-refractivity contribution >= 4 is 16.9 Å². The molecule has 0 spiro atoms. The van der Waals surface area contributed by atoms with Crippen LogP contribution in [0.15, 0.2) is 28.7 Å². The van der Waals surface area contributed by atoms with Crippen LogP contribution >= 0.6 is 0 Å². The Kier molecular flexibility index (Phi) is 3.33. The SMILES string of the molecule is CC#CC(=O)N[C@H](C)c1cc2cc(F)ccc2o1. The lowest BCUT2D eigenvalue weighted by Crippen LogP contribution is -2.24. The minimum absolute atomic E-state index is 0.311. The normalized spacial score (nSPS) is 11.7. The van der Waals surface area contributed by atoms with E-state index in [1.54, 1.807) is 26.0 Å². The summed E-state index contributed by atoms with van der Waals surface area (Å²) < 4.78 is 18.6. The number of hydrogen-bond donors (Lipinski definition) is 1. The van der Waals surface area contributed by atoms with Crippen molar-refractivity contribution in [3.8, 4) is 11.8 Å². The first-order valence-corrected chi connectivity index (χ1v) is 5.52. The van der Waals surface area contributed by atoms with E-state index in [1.807, 2.05) is 0 Å². The molecule has 0 fully saturated rings. The van der Waals surface area contributed by atoms with E-state index in [4.69, 9.17) is 4.42 Å². The number of amides is 1. The number of nitrogens with one attached hydrogen (secondary N) is 1. The van der Waals surface area contributed by atoms with Crippen molar-refractivity contribution in [1.82, 2.24) is 5.32 Å². The maximum atomic E-state index is 13.0. The first-order chi connectivity index (χ1) is 8.60. The summed E-state index contributed by atoms with van der Waals surface area (Å²) in [4.78, 5) is 11.3. The molecule has 0 aliphatic heterocycles. The fourth-order valence-corrected chi connectivity index (χ4v) is 1.67. The van der Waals surface area contributed by atoms with Gasteiger partial charge in [0.2, 0.25) is 0 Å². The zero-order valence-electron chi connectivity index (χ0n) is 10.1. The van der Waals surface area contributed by atoms with Crippen molar-refractivity contribution in [2.75, 3.05) is 0 Å². The molecule has 0 bridgehead atoms. The largest absolute Gasteiger partial charge is 0.459 e. The second-order valence-electron chi connectivity index (χ2n) is 3.90. The number of halogens is 1. The monoisotopic (exact) mass is 245 g/mol. The van der Waals surface area contributed by atoms with Crippen molar-refractivity contribution < 1.29 is 13.6 Å². The van der Waals surface area contributed by atoms with Gasteiger partial charge in [-0.1, -0.05) is 5.92 Å². The molecule has 0 saturated heterocycles. The molecule has 3 nitrogen and oxygen atoms in total. The Hall–Kier alpha value is -2.28. The molecule has 2 aromatic rings. The molecule has 4 heteroatoms. The van der Waals surface area contributed by atoms with E-state index in [1.165, 1.54) is 12.1 Å². The maximum Gasteiger partial charge on any atom is 0.296 e. The standard InChI is InChI=1S/C14H12FNO2/c1-3-4-14(17)16-9(2)13-8-10-7-11(15)5-6-12(10)18-13/h5-9H,1-2H3,(H,16,17)/t9-/m1/s1. The summed E-state index contributed by atoms with van der Waals surface area (Å²) in [6.45, 7) is 3.37. The van der Waals surface area contributed by atoms with Crippen LogP contribution in [0.1, 0.15) is 25.6 Å². The zero-order valence-corrected chi connectivity index (χ0v) is 10.1. The molecule has 2 rings (SSSR count). The molecule has 0 radical (unpaired) electrons. The molecule has 92 valence electrons. The lowest BCUT2D eigenvalue weighted by Gasteiger charge is -2.07. The first kappa shape index (κ1) is 12.2. The highest BCUT2D eigenvalue weighted by atomic mass is 19.1. The van der Waals surface area contributed by atoms with Gasteiger partial charge < -0.3 is 9.73 Å². The molecule has 1 aromatic carbocycles. The van der Waals surface area contributed by atoms with E-state index in [0.29, 0.717) is 16.7 Å². The smallest absolute Gasteiger partial charge is 0.296 e. The predicted octanol–water partition coefficient (Wildman–Crippen LogP) is 2.77. The van der Waals surface area contributed by atoms with Crippen LogP contribution < -0.4 is 5.32 Å². The average Bonchev–Trinajstić information content (AvgIpc) is 2.72. The Morgan fingerprint density at radius 1 is 1.44 bits per heavy atom. The summed E-state index contributed by atoms with van der Waals surface area (Å²) in [7, 11) is 0. The van der Waals surface area contributed by atoms with Gasteiger partial charge in [-0.05, 0) is 44.0 Å². The molecule has 0 saturated carbocycles. The zero-order chi connectivity index (χ0) is 13.1. The van der Waals surface area contributed by atoms with Gasteiger partial charge in [-0.2, -0.15) is 0 Å². The Morgan fingerprint density at radius 3 is 2.94 bits per heavy atom. The van der Waals surface area contributed by atoms with Gasteiger partial charge in [-0.15, -0.1) is 0 Å². The summed E-state index contributed by atoms with van der Waals surface area (Å²) in [6, 6.07) is 5.69. The van der Waals surface area contributed by atoms with E-state index in [2.05, 4.69) is 17.2 Å². The molecule has 1 heterocycles. The lowest BCUT2D eigenvalue weighted by atomic mass is 10.2. The number of carbonyl (C=O) groups is 1. The van der Waals surface area contributed by atoms with Crippen LogP contribution in [-0.4, -0.2) is 5.91 Å². The van der Waals surface area contributed by atoms with Crippen LogP contribution in [0, 0.1) is 17.7 Å². The number of furan rings is 1. The van der Waals surface area contributed by atoms with E-state index >= 15 is 0 Å². The fourth-order valence-electron chi connectivity index (χ4n) is 1.67. The highest BCUT2D eigenvalue weighted by Crippen LogP contribution is 2.24. The third-order valence-corrected chi connectivity index (χ3v) is 2.51. The van der Waals surface area contributed by atoms with Gasteiger partial charge in [0.05, 0.1) is 6.04 Å². The van der Waals surface area contributed by atoms with Gasteiger partial charge >= 0.3 is 0 Å². The van der Waals surface area contributed by atoms with Crippen LogP contribution in [0.2, 0.25) is 0 Å². The van der Waals surface area contributed by atoms with E-state index < -0.39 is 0 Å². The first-order valence-electron chi connectivity index (χ1n) is 5.52. The number of rotatable bonds is 2. The molecular weight excluding hydrogens is 233 g/mol. The highest BCUT2D eigenvalue weighted by Gasteiger charge is 2.13. The Morgan fingerprint density at radius 2 is 2.22 bits per heavy atom. The van der Waals surface area contributed by atoms with Gasteiger partial charge in [0.1, 0.15) is 17.2 Å². The quantitative estimate of drug-likeness (QED) is 0.827. The van der Waals surface area contributed by atoms with E-state index in [-0.39, 0.29) is 17.8 Å². The van der Waals surface area contributed by atoms with Gasteiger partial charge in [0, 0.05) is 5.39 Å². The van der Waals surface area contributed by atoms with Gasteiger partial charge in [0.15, 0.2) is 0 Å². The van der Waals surface area contributed by atoms with Crippen molar-refractivity contribution in [2.45, 2.75) is 19.9 Å². The summed E-state index contributed by atoms with van der Waals surface area (Å²) in [5, 5.41) is 3.35. The topological polar surface area (TPSA) is 42.2 Å². The minimum atomic E-state index is -0.364. The highest BCUT2D eigenvalue weighted by molar-refractivity contribution is 5.93. The molecule has 0 aliphatic carbocycles. The Bertz CT molecular complexity index is 649. The second-order valence-corrected chi connectivity index (χ2v) is 3.90. The molecule has 1 amide bonds. The van der Waals surface area contributed by atoms with Crippen LogP contribution in [0.3, 0.4) is 0 Å². The average molecular weight is 245 g/mol. The van der Waals surface area contributed by atoms with Crippen LogP contribution in [0.4, 0.5) is 4.39 Å². The van der Waals surface area contributed by atoms with Gasteiger partial charge in [0.25, 0.3) is 5.91 Å². The molecule has 1 atom stereocenters. The van der Waals surface area contributed by atoms with E-state index in [9.17, 15) is 9.18 Å². The molecule has 1 aromatic heterocycles. The van der Waals surface area contributed by atoms with Gasteiger partial charge in [-0.3, -0.25) is 4.79 Å². The number of carbonyl (C=O) groups excluding carboxylic acids is 1. The Balaban J connectivity index is 2.24. The second kappa shape index (κ2) is 4.92. The third-order valence-electron chi connectivity index (χ3n) is 2.51. The molecule has 18 heavy (non-hydrogen) atoms. The summed E-state index contributed by atoms with van der Waals surface area (Å²) >= 11 is 0. The maximum absolute atomic E-state index is 13.0. The molecular formula is C14H12FNO2. The van der Waals surface area contributed by atoms with Crippen molar-refractivity contribution in [3.63, 3.8) is 0 Å². The predicted molar refractivity (Wildman–Crippen MR) is 66.2 cm³/mol. The van der Waals surface area contributed by atoms with Crippen molar-refractivity contribution in [1.29, 1.82) is 0 Å². The summed E-state index contributed by atoms with van der Waals surface area (Å²) in [6.07, 6.45) is 0. The molecule has 0 unspecified atom stereocenters. The molecule has 0 aliphatic rings. The van der Waals surface area contributed by atoms with Gasteiger partial charge in [-0.25, -0.2) is 4.39 Å². The van der Waals surface area contributed by atoms with Crippen LogP contribution in [0.5, 0.6) is 0 Å². The molecule has 1 N–H and O–H groups in total. The van der Waals surface area contributed by atoms with E-state index in [0.717, 1.165) is 0 Å². The summed E-state index contributed by atoms with van der Waals surface area (Å²) in [5.74, 6) is 4.79. The van der Waals surface area contributed by atoms with Crippen molar-refractivity contribution in [3.05, 3.63) is 35.8 Å². The number of fused-ring (bicyclic) bond motifs is 1. The minimum Gasteiger partial charge on any atom is -0.459 e. The Labute approximate surface area is 104 Å². The number of hydrogen-bond acceptors (Lipinski definition) is 2. The van der Waals surface area contributed by atoms with Crippen molar-refractivity contribution in [2.24, 2.45) is 0 Å².